The van der Waals surface area contributed by atoms with Crippen LogP contribution < -0.4 is 4.90 Å². The van der Waals surface area contributed by atoms with Gasteiger partial charge in [0.15, 0.2) is 0 Å². The predicted octanol–water partition coefficient (Wildman–Crippen LogP) is 3.55. The van der Waals surface area contributed by atoms with Gasteiger partial charge in [0.25, 0.3) is 5.89 Å². The fraction of sp³-hybridized carbons (Fsp3) is 0.208. The number of rotatable bonds is 5. The van der Waals surface area contributed by atoms with Crippen molar-refractivity contribution in [2.45, 2.75) is 6.54 Å². The number of hydrogen-bond acceptors (Lipinski definition) is 5. The lowest BCUT2D eigenvalue weighted by atomic mass is 10.2. The van der Waals surface area contributed by atoms with Crippen LogP contribution in [0.4, 0.5) is 5.69 Å². The van der Waals surface area contributed by atoms with Gasteiger partial charge in [-0.05, 0) is 24.3 Å². The van der Waals surface area contributed by atoms with Gasteiger partial charge in [-0.25, -0.2) is 0 Å². The van der Waals surface area contributed by atoms with Gasteiger partial charge in [0.1, 0.15) is 12.2 Å². The largest absolute Gasteiger partial charge is 0.368 e. The first-order valence-corrected chi connectivity index (χ1v) is 10.4. The van der Waals surface area contributed by atoms with Gasteiger partial charge in [-0.1, -0.05) is 53.7 Å². The molecule has 1 fully saturated rings. The fourth-order valence-corrected chi connectivity index (χ4v) is 3.88. The minimum atomic E-state index is 0.0907. The van der Waals surface area contributed by atoms with E-state index in [9.17, 15) is 4.79 Å². The van der Waals surface area contributed by atoms with Crippen LogP contribution in [0, 0.1) is 0 Å². The van der Waals surface area contributed by atoms with E-state index < -0.39 is 0 Å². The second-order valence-corrected chi connectivity index (χ2v) is 7.51. The number of benzene rings is 2. The Morgan fingerprint density at radius 3 is 2.32 bits per heavy atom. The quantitative estimate of drug-likeness (QED) is 0.501. The van der Waals surface area contributed by atoms with Crippen LogP contribution in [0.5, 0.6) is 0 Å². The molecule has 0 unspecified atom stereocenters. The minimum absolute atomic E-state index is 0.0907. The van der Waals surface area contributed by atoms with Gasteiger partial charge in [0, 0.05) is 43.6 Å². The maximum atomic E-state index is 12.9. The monoisotopic (exact) mass is 413 g/mol. The summed E-state index contributed by atoms with van der Waals surface area (Å²) >= 11 is 0. The van der Waals surface area contributed by atoms with Crippen molar-refractivity contribution in [3.63, 3.8) is 0 Å². The van der Waals surface area contributed by atoms with E-state index in [2.05, 4.69) is 27.2 Å². The first-order valence-electron chi connectivity index (χ1n) is 10.4. The van der Waals surface area contributed by atoms with Gasteiger partial charge in [-0.15, -0.1) is 0 Å². The normalized spacial score (nSPS) is 14.1. The Labute approximate surface area is 180 Å². The smallest absolute Gasteiger partial charge is 0.274 e. The van der Waals surface area contributed by atoms with Crippen LogP contribution in [0.1, 0.15) is 0 Å². The molecule has 1 aliphatic rings. The van der Waals surface area contributed by atoms with Crippen molar-refractivity contribution >= 4 is 11.6 Å². The van der Waals surface area contributed by atoms with Crippen LogP contribution in [0.2, 0.25) is 0 Å². The average Bonchev–Trinajstić information content (AvgIpc) is 3.50. The Hall–Kier alpha value is -3.87. The summed E-state index contributed by atoms with van der Waals surface area (Å²) in [7, 11) is 0. The van der Waals surface area contributed by atoms with Crippen LogP contribution >= 0.6 is 0 Å². The Balaban J connectivity index is 1.25. The SMILES string of the molecule is O=C(Cn1cccc1-c1nc(-c2ccccc2)no1)N1CCN(c2ccccc2)CC1. The molecule has 1 saturated heterocycles. The number of carbonyl (C=O) groups is 1. The highest BCUT2D eigenvalue weighted by atomic mass is 16.5. The van der Waals surface area contributed by atoms with Crippen LogP contribution in [0.15, 0.2) is 83.5 Å². The van der Waals surface area contributed by atoms with Gasteiger partial charge >= 0.3 is 0 Å². The van der Waals surface area contributed by atoms with Crippen LogP contribution in [0.3, 0.4) is 0 Å². The third-order valence-corrected chi connectivity index (χ3v) is 5.57. The number of carbonyl (C=O) groups excluding carboxylic acids is 1. The van der Waals surface area contributed by atoms with E-state index in [0.717, 1.165) is 24.3 Å². The topological polar surface area (TPSA) is 67.4 Å². The van der Waals surface area contributed by atoms with Crippen molar-refractivity contribution < 1.29 is 9.32 Å². The predicted molar refractivity (Wildman–Crippen MR) is 118 cm³/mol. The zero-order valence-corrected chi connectivity index (χ0v) is 17.1. The number of anilines is 1. The molecule has 0 atom stereocenters. The Morgan fingerprint density at radius 1 is 0.871 bits per heavy atom. The third kappa shape index (κ3) is 4.07. The number of hydrogen-bond donors (Lipinski definition) is 0. The minimum Gasteiger partial charge on any atom is -0.368 e. The molecule has 7 heteroatoms. The molecule has 31 heavy (non-hydrogen) atoms. The molecule has 0 spiro atoms. The van der Waals surface area contributed by atoms with E-state index in [-0.39, 0.29) is 12.5 Å². The molecule has 7 nitrogen and oxygen atoms in total. The van der Waals surface area contributed by atoms with E-state index >= 15 is 0 Å². The van der Waals surface area contributed by atoms with E-state index in [4.69, 9.17) is 4.52 Å². The van der Waals surface area contributed by atoms with Crippen LogP contribution in [0.25, 0.3) is 23.0 Å². The van der Waals surface area contributed by atoms with E-state index in [1.165, 1.54) is 5.69 Å². The average molecular weight is 413 g/mol. The number of para-hydroxylation sites is 1. The molecular formula is C24H23N5O2. The highest BCUT2D eigenvalue weighted by molar-refractivity contribution is 5.77. The molecule has 2 aromatic carbocycles. The maximum absolute atomic E-state index is 12.9. The second kappa shape index (κ2) is 8.47. The lowest BCUT2D eigenvalue weighted by molar-refractivity contribution is -0.132. The van der Waals surface area contributed by atoms with Crippen molar-refractivity contribution in [3.05, 3.63) is 79.0 Å². The molecule has 1 amide bonds. The zero-order valence-electron chi connectivity index (χ0n) is 17.1. The molecule has 0 bridgehead atoms. The van der Waals surface area contributed by atoms with Gasteiger partial charge in [-0.3, -0.25) is 4.79 Å². The molecular weight excluding hydrogens is 390 g/mol. The fourth-order valence-electron chi connectivity index (χ4n) is 3.88. The molecule has 4 aromatic rings. The number of amides is 1. The summed E-state index contributed by atoms with van der Waals surface area (Å²) in [5.74, 6) is 1.03. The van der Waals surface area contributed by atoms with Crippen molar-refractivity contribution in [1.82, 2.24) is 19.6 Å². The number of piperazine rings is 1. The van der Waals surface area contributed by atoms with E-state index in [1.54, 1.807) is 0 Å². The summed E-state index contributed by atoms with van der Waals surface area (Å²) in [6, 6.07) is 23.8. The lowest BCUT2D eigenvalue weighted by Gasteiger charge is -2.36. The van der Waals surface area contributed by atoms with Crippen LogP contribution in [-0.4, -0.2) is 51.7 Å². The lowest BCUT2D eigenvalue weighted by Crippen LogP contribution is -2.49. The third-order valence-electron chi connectivity index (χ3n) is 5.57. The van der Waals surface area contributed by atoms with Crippen molar-refractivity contribution in [2.75, 3.05) is 31.1 Å². The zero-order chi connectivity index (χ0) is 21.0. The van der Waals surface area contributed by atoms with Gasteiger partial charge in [0.05, 0.1) is 0 Å². The van der Waals surface area contributed by atoms with Crippen molar-refractivity contribution in [1.29, 1.82) is 0 Å². The number of aromatic nitrogens is 3. The molecule has 5 rings (SSSR count). The molecule has 0 N–H and O–H groups in total. The highest BCUT2D eigenvalue weighted by Crippen LogP contribution is 2.23. The molecule has 3 heterocycles. The van der Waals surface area contributed by atoms with Crippen molar-refractivity contribution in [2.24, 2.45) is 0 Å². The highest BCUT2D eigenvalue weighted by Gasteiger charge is 2.23. The molecule has 2 aromatic heterocycles. The maximum Gasteiger partial charge on any atom is 0.274 e. The first kappa shape index (κ1) is 19.1. The Kier molecular flexibility index (Phi) is 5.22. The van der Waals surface area contributed by atoms with Gasteiger partial charge in [-0.2, -0.15) is 4.98 Å². The standard InChI is InChI=1S/C24H23N5O2/c30-22(28-16-14-27(15-17-28)20-10-5-2-6-11-20)18-29-13-7-12-21(29)24-25-23(26-31-24)19-8-3-1-4-9-19/h1-13H,14-18H2. The molecule has 0 radical (unpaired) electrons. The summed E-state index contributed by atoms with van der Waals surface area (Å²) < 4.78 is 7.35. The van der Waals surface area contributed by atoms with Gasteiger partial charge in [0.2, 0.25) is 11.7 Å². The Morgan fingerprint density at radius 2 is 1.58 bits per heavy atom. The summed E-state index contributed by atoms with van der Waals surface area (Å²) in [6.45, 7) is 3.33. The van der Waals surface area contributed by atoms with E-state index in [1.807, 2.05) is 76.3 Å². The van der Waals surface area contributed by atoms with Crippen molar-refractivity contribution in [3.8, 4) is 23.0 Å². The summed E-state index contributed by atoms with van der Waals surface area (Å²) in [4.78, 5) is 21.7. The summed E-state index contributed by atoms with van der Waals surface area (Å²) in [5, 5.41) is 4.09. The summed E-state index contributed by atoms with van der Waals surface area (Å²) in [5.41, 5.74) is 2.84. The first-order chi connectivity index (χ1) is 15.3. The molecule has 156 valence electrons. The van der Waals surface area contributed by atoms with Gasteiger partial charge < -0.3 is 18.9 Å². The van der Waals surface area contributed by atoms with Crippen LogP contribution in [-0.2, 0) is 11.3 Å². The molecule has 1 aliphatic heterocycles. The molecule has 0 saturated carbocycles. The van der Waals surface area contributed by atoms with E-state index in [0.29, 0.717) is 24.8 Å². The Bertz CT molecular complexity index is 1140. The number of nitrogens with zero attached hydrogens (tertiary/aromatic N) is 5. The molecule has 0 aliphatic carbocycles. The second-order valence-electron chi connectivity index (χ2n) is 7.51. The summed E-state index contributed by atoms with van der Waals surface area (Å²) in [6.07, 6.45) is 1.87.